The van der Waals surface area contributed by atoms with Gasteiger partial charge in [-0.1, -0.05) is 18.2 Å². The molecular weight excluding hydrogens is 361 g/mol. The van der Waals surface area contributed by atoms with Gasteiger partial charge in [0.2, 0.25) is 0 Å². The van der Waals surface area contributed by atoms with Gasteiger partial charge in [0.05, 0.1) is 16.8 Å². The number of alkyl halides is 3. The molecule has 0 aliphatic carbocycles. The van der Waals surface area contributed by atoms with E-state index in [0.717, 1.165) is 24.6 Å². The third kappa shape index (κ3) is 4.26. The van der Waals surface area contributed by atoms with Crippen molar-refractivity contribution in [3.8, 4) is 0 Å². The topological polar surface area (TPSA) is 33.2 Å². The predicted molar refractivity (Wildman–Crippen MR) is 95.2 cm³/mol. The Labute approximate surface area is 154 Å². The van der Waals surface area contributed by atoms with Gasteiger partial charge in [0, 0.05) is 13.1 Å². The van der Waals surface area contributed by atoms with Gasteiger partial charge in [0.1, 0.15) is 4.88 Å². The van der Waals surface area contributed by atoms with Crippen molar-refractivity contribution in [2.24, 2.45) is 5.92 Å². The number of carbonyl (C=O) groups excluding carboxylic acids is 1. The molecule has 1 unspecified atom stereocenters. The lowest BCUT2D eigenvalue weighted by atomic mass is 9.90. The molecule has 0 bridgehead atoms. The van der Waals surface area contributed by atoms with Gasteiger partial charge in [-0.15, -0.1) is 11.3 Å². The summed E-state index contributed by atoms with van der Waals surface area (Å²) >= 11 is 1.34. The lowest BCUT2D eigenvalue weighted by molar-refractivity contribution is -0.138. The molecule has 1 aliphatic heterocycles. The summed E-state index contributed by atoms with van der Waals surface area (Å²) in [4.78, 5) is 19.2. The van der Waals surface area contributed by atoms with Gasteiger partial charge < -0.3 is 4.90 Å². The largest absolute Gasteiger partial charge is 0.416 e. The second-order valence-electron chi connectivity index (χ2n) is 6.72. The Balaban J connectivity index is 1.63. The van der Waals surface area contributed by atoms with Crippen LogP contribution in [-0.4, -0.2) is 28.9 Å². The van der Waals surface area contributed by atoms with Gasteiger partial charge in [-0.05, 0) is 50.2 Å². The molecule has 1 amide bonds. The van der Waals surface area contributed by atoms with Crippen LogP contribution in [0.4, 0.5) is 13.2 Å². The van der Waals surface area contributed by atoms with Crippen molar-refractivity contribution in [3.05, 3.63) is 51.5 Å². The molecule has 26 heavy (non-hydrogen) atoms. The van der Waals surface area contributed by atoms with Gasteiger partial charge >= 0.3 is 6.18 Å². The van der Waals surface area contributed by atoms with E-state index in [-0.39, 0.29) is 11.8 Å². The number of hydrogen-bond acceptors (Lipinski definition) is 3. The third-order valence-corrected chi connectivity index (χ3v) is 5.81. The molecule has 0 saturated carbocycles. The zero-order valence-electron chi connectivity index (χ0n) is 14.6. The average Bonchev–Trinajstić information content (AvgIpc) is 3.05. The molecule has 1 fully saturated rings. The highest BCUT2D eigenvalue weighted by Gasteiger charge is 2.33. The normalized spacial score (nSPS) is 18.2. The number of hydrogen-bond donors (Lipinski definition) is 0. The molecule has 1 aromatic heterocycles. The van der Waals surface area contributed by atoms with Crippen LogP contribution in [0.3, 0.4) is 0 Å². The Morgan fingerprint density at radius 2 is 2.12 bits per heavy atom. The first-order valence-electron chi connectivity index (χ1n) is 8.70. The lowest BCUT2D eigenvalue weighted by Gasteiger charge is -2.32. The van der Waals surface area contributed by atoms with Crippen LogP contribution in [0.2, 0.25) is 0 Å². The van der Waals surface area contributed by atoms with E-state index in [2.05, 4.69) is 4.98 Å². The van der Waals surface area contributed by atoms with Crippen molar-refractivity contribution in [1.29, 1.82) is 0 Å². The number of amides is 1. The van der Waals surface area contributed by atoms with Crippen molar-refractivity contribution in [2.75, 3.05) is 13.1 Å². The molecule has 0 spiro atoms. The fourth-order valence-electron chi connectivity index (χ4n) is 3.51. The molecular formula is C19H21F3N2OS. The Bertz CT molecular complexity index is 772. The molecule has 3 nitrogen and oxygen atoms in total. The minimum absolute atomic E-state index is 0.00890. The molecule has 0 N–H and O–H groups in total. The van der Waals surface area contributed by atoms with E-state index in [9.17, 15) is 18.0 Å². The minimum Gasteiger partial charge on any atom is -0.338 e. The van der Waals surface area contributed by atoms with Crippen molar-refractivity contribution >= 4 is 17.2 Å². The zero-order valence-corrected chi connectivity index (χ0v) is 15.4. The first kappa shape index (κ1) is 18.9. The first-order valence-corrected chi connectivity index (χ1v) is 9.58. The van der Waals surface area contributed by atoms with Crippen molar-refractivity contribution < 1.29 is 18.0 Å². The number of piperidine rings is 1. The number of carbonyl (C=O) groups is 1. The second kappa shape index (κ2) is 7.78. The number of halogens is 3. The summed E-state index contributed by atoms with van der Waals surface area (Å²) < 4.78 is 39.4. The highest BCUT2D eigenvalue weighted by molar-refractivity contribution is 7.11. The Hall–Kier alpha value is -1.89. The molecule has 1 saturated heterocycles. The van der Waals surface area contributed by atoms with Crippen LogP contribution in [0.25, 0.3) is 0 Å². The number of likely N-dealkylation sites (tertiary alicyclic amines) is 1. The highest BCUT2D eigenvalue weighted by Crippen LogP contribution is 2.33. The van der Waals surface area contributed by atoms with Gasteiger partial charge in [-0.2, -0.15) is 13.2 Å². The summed E-state index contributed by atoms with van der Waals surface area (Å²) in [6, 6.07) is 5.76. The Morgan fingerprint density at radius 1 is 1.35 bits per heavy atom. The zero-order chi connectivity index (χ0) is 18.7. The summed E-state index contributed by atoms with van der Waals surface area (Å²) in [5.41, 5.74) is 2.19. The molecule has 0 radical (unpaired) electrons. The molecule has 1 aliphatic rings. The van der Waals surface area contributed by atoms with Gasteiger partial charge in [0.15, 0.2) is 0 Å². The van der Waals surface area contributed by atoms with Gasteiger partial charge in [0.25, 0.3) is 5.91 Å². The monoisotopic (exact) mass is 382 g/mol. The molecule has 7 heteroatoms. The van der Waals surface area contributed by atoms with E-state index >= 15 is 0 Å². The molecule has 2 aromatic rings. The van der Waals surface area contributed by atoms with Crippen molar-refractivity contribution in [3.63, 3.8) is 0 Å². The smallest absolute Gasteiger partial charge is 0.338 e. The van der Waals surface area contributed by atoms with E-state index < -0.39 is 11.7 Å². The van der Waals surface area contributed by atoms with E-state index in [4.69, 9.17) is 0 Å². The summed E-state index contributed by atoms with van der Waals surface area (Å²) in [5.74, 6) is 0.215. The maximum absolute atomic E-state index is 13.1. The molecule has 1 aromatic carbocycles. The van der Waals surface area contributed by atoms with Gasteiger partial charge in [-0.3, -0.25) is 4.79 Å². The predicted octanol–water partition coefficient (Wildman–Crippen LogP) is 4.96. The maximum atomic E-state index is 13.1. The van der Waals surface area contributed by atoms with Crippen LogP contribution in [-0.2, 0) is 12.6 Å². The number of benzene rings is 1. The van der Waals surface area contributed by atoms with Crippen LogP contribution in [0.5, 0.6) is 0 Å². The molecule has 1 atom stereocenters. The SMILES string of the molecule is Cc1ncsc1C(=O)N1CCCC(CCc2ccccc2C(F)(F)F)C1. The van der Waals surface area contributed by atoms with Crippen LogP contribution in [0.15, 0.2) is 29.8 Å². The summed E-state index contributed by atoms with van der Waals surface area (Å²) in [6.45, 7) is 3.12. The third-order valence-electron chi connectivity index (χ3n) is 4.89. The standard InChI is InChI=1S/C19H21F3N2OS/c1-13-17(26-12-23-13)18(25)24-10-4-5-14(11-24)8-9-15-6-2-3-7-16(15)19(20,21)22/h2-3,6-7,12,14H,4-5,8-11H2,1H3. The van der Waals surface area contributed by atoms with E-state index in [0.29, 0.717) is 36.4 Å². The summed E-state index contributed by atoms with van der Waals surface area (Å²) in [5, 5.41) is 0. The Kier molecular flexibility index (Phi) is 5.65. The fraction of sp³-hybridized carbons (Fsp3) is 0.474. The fourth-order valence-corrected chi connectivity index (χ4v) is 4.28. The number of nitrogens with zero attached hydrogens (tertiary/aromatic N) is 2. The van der Waals surface area contributed by atoms with Gasteiger partial charge in [-0.25, -0.2) is 4.98 Å². The van der Waals surface area contributed by atoms with Crippen molar-refractivity contribution in [1.82, 2.24) is 9.88 Å². The first-order chi connectivity index (χ1) is 12.4. The Morgan fingerprint density at radius 3 is 2.81 bits per heavy atom. The average molecular weight is 382 g/mol. The molecule has 2 heterocycles. The number of aryl methyl sites for hydroxylation is 2. The van der Waals surface area contributed by atoms with Crippen LogP contribution in [0, 0.1) is 12.8 Å². The summed E-state index contributed by atoms with van der Waals surface area (Å²) in [6.07, 6.45) is -1.47. The lowest BCUT2D eigenvalue weighted by Crippen LogP contribution is -2.40. The van der Waals surface area contributed by atoms with E-state index in [1.165, 1.54) is 17.4 Å². The van der Waals surface area contributed by atoms with Crippen LogP contribution in [0.1, 0.15) is 45.8 Å². The number of aromatic nitrogens is 1. The molecule has 3 rings (SSSR count). The van der Waals surface area contributed by atoms with E-state index in [1.807, 2.05) is 11.8 Å². The van der Waals surface area contributed by atoms with E-state index in [1.54, 1.807) is 17.6 Å². The van der Waals surface area contributed by atoms with Crippen LogP contribution >= 0.6 is 11.3 Å². The second-order valence-corrected chi connectivity index (χ2v) is 7.57. The maximum Gasteiger partial charge on any atom is 0.416 e. The minimum atomic E-state index is -4.32. The number of rotatable bonds is 4. The highest BCUT2D eigenvalue weighted by atomic mass is 32.1. The number of thiazole rings is 1. The summed E-state index contributed by atoms with van der Waals surface area (Å²) in [7, 11) is 0. The van der Waals surface area contributed by atoms with Crippen molar-refractivity contribution in [2.45, 2.75) is 38.8 Å². The quantitative estimate of drug-likeness (QED) is 0.749. The van der Waals surface area contributed by atoms with Crippen LogP contribution < -0.4 is 0 Å². The molecule has 140 valence electrons.